The number of hydrazone groups is 1. The second-order valence-electron chi connectivity index (χ2n) is 5.70. The molecule has 2 N–H and O–H groups in total. The zero-order valence-electron chi connectivity index (χ0n) is 14.0. The number of nitrogens with zero attached hydrogens (tertiary/aromatic N) is 2. The van der Waals surface area contributed by atoms with E-state index in [0.29, 0.717) is 0 Å². The Hall–Kier alpha value is -2.86. The molecule has 130 valence electrons. The van der Waals surface area contributed by atoms with Crippen molar-refractivity contribution in [3.8, 4) is 0 Å². The Morgan fingerprint density at radius 1 is 1.08 bits per heavy atom. The highest BCUT2D eigenvalue weighted by atomic mass is 16.5. The molecule has 0 atom stereocenters. The van der Waals surface area contributed by atoms with Gasteiger partial charge in [0, 0.05) is 24.5 Å². The van der Waals surface area contributed by atoms with Crippen LogP contribution in [0, 0.1) is 0 Å². The van der Waals surface area contributed by atoms with Crippen LogP contribution in [0.15, 0.2) is 59.7 Å². The SMILES string of the molecule is O=C(CNc1ccccc1)NN=Cc1ccc(N2CCOCC2)cc1. The maximum atomic E-state index is 11.8. The highest BCUT2D eigenvalue weighted by molar-refractivity contribution is 5.84. The molecule has 25 heavy (non-hydrogen) atoms. The molecule has 6 heteroatoms. The van der Waals surface area contributed by atoms with Crippen molar-refractivity contribution >= 4 is 23.5 Å². The summed E-state index contributed by atoms with van der Waals surface area (Å²) in [6.45, 7) is 3.55. The van der Waals surface area contributed by atoms with Crippen LogP contribution in [0.3, 0.4) is 0 Å². The van der Waals surface area contributed by atoms with E-state index in [0.717, 1.165) is 37.6 Å². The molecule has 0 aliphatic carbocycles. The van der Waals surface area contributed by atoms with Crippen LogP contribution in [0.1, 0.15) is 5.56 Å². The second-order valence-corrected chi connectivity index (χ2v) is 5.70. The molecule has 0 bridgehead atoms. The van der Waals surface area contributed by atoms with Crippen LogP contribution in [-0.4, -0.2) is 45.0 Å². The Labute approximate surface area is 147 Å². The van der Waals surface area contributed by atoms with Gasteiger partial charge in [-0.1, -0.05) is 30.3 Å². The molecule has 6 nitrogen and oxygen atoms in total. The van der Waals surface area contributed by atoms with Crippen LogP contribution in [0.25, 0.3) is 0 Å². The number of hydrogen-bond acceptors (Lipinski definition) is 5. The molecule has 0 unspecified atom stereocenters. The predicted molar refractivity (Wildman–Crippen MR) is 100 cm³/mol. The van der Waals surface area contributed by atoms with Gasteiger partial charge in [-0.3, -0.25) is 4.79 Å². The molecule has 2 aromatic carbocycles. The molecule has 1 heterocycles. The molecule has 1 aliphatic heterocycles. The third kappa shape index (κ3) is 5.32. The number of hydrogen-bond donors (Lipinski definition) is 2. The van der Waals surface area contributed by atoms with Crippen molar-refractivity contribution in [1.82, 2.24) is 5.43 Å². The molecule has 2 aromatic rings. The number of morpholine rings is 1. The van der Waals surface area contributed by atoms with Gasteiger partial charge in [-0.05, 0) is 29.8 Å². The minimum atomic E-state index is -0.190. The third-order valence-corrected chi connectivity index (χ3v) is 3.90. The van der Waals surface area contributed by atoms with Crippen molar-refractivity contribution in [2.45, 2.75) is 0 Å². The smallest absolute Gasteiger partial charge is 0.259 e. The zero-order chi connectivity index (χ0) is 17.3. The first kappa shape index (κ1) is 17.0. The molecule has 1 fully saturated rings. The Morgan fingerprint density at radius 2 is 1.80 bits per heavy atom. The second kappa shape index (κ2) is 8.84. The Balaban J connectivity index is 1.44. The van der Waals surface area contributed by atoms with Crippen molar-refractivity contribution in [3.63, 3.8) is 0 Å². The van der Waals surface area contributed by atoms with E-state index in [1.165, 1.54) is 5.69 Å². The summed E-state index contributed by atoms with van der Waals surface area (Å²) in [5.74, 6) is -0.190. The van der Waals surface area contributed by atoms with Crippen molar-refractivity contribution in [3.05, 3.63) is 60.2 Å². The molecule has 0 radical (unpaired) electrons. The average molecular weight is 338 g/mol. The first-order valence-corrected chi connectivity index (χ1v) is 8.35. The number of amides is 1. The van der Waals surface area contributed by atoms with Gasteiger partial charge in [-0.25, -0.2) is 5.43 Å². The lowest BCUT2D eigenvalue weighted by Gasteiger charge is -2.28. The topological polar surface area (TPSA) is 66.0 Å². The summed E-state index contributed by atoms with van der Waals surface area (Å²) in [4.78, 5) is 14.1. The molecule has 1 aliphatic rings. The lowest BCUT2D eigenvalue weighted by atomic mass is 10.2. The summed E-state index contributed by atoms with van der Waals surface area (Å²) in [5.41, 5.74) is 5.54. The fourth-order valence-electron chi connectivity index (χ4n) is 2.55. The van der Waals surface area contributed by atoms with E-state index >= 15 is 0 Å². The van der Waals surface area contributed by atoms with Gasteiger partial charge in [-0.15, -0.1) is 0 Å². The van der Waals surface area contributed by atoms with Crippen molar-refractivity contribution < 1.29 is 9.53 Å². The van der Waals surface area contributed by atoms with E-state index in [2.05, 4.69) is 32.9 Å². The first-order chi connectivity index (χ1) is 12.3. The van der Waals surface area contributed by atoms with Crippen LogP contribution in [0.2, 0.25) is 0 Å². The monoisotopic (exact) mass is 338 g/mol. The van der Waals surface area contributed by atoms with Gasteiger partial charge in [0.05, 0.1) is 26.0 Å². The number of benzene rings is 2. The summed E-state index contributed by atoms with van der Waals surface area (Å²) >= 11 is 0. The molecule has 0 saturated carbocycles. The fourth-order valence-corrected chi connectivity index (χ4v) is 2.55. The highest BCUT2D eigenvalue weighted by Gasteiger charge is 2.10. The van der Waals surface area contributed by atoms with Crippen molar-refractivity contribution in [2.75, 3.05) is 43.1 Å². The van der Waals surface area contributed by atoms with Crippen molar-refractivity contribution in [2.24, 2.45) is 5.10 Å². The molecule has 0 aromatic heterocycles. The zero-order valence-corrected chi connectivity index (χ0v) is 14.0. The van der Waals surface area contributed by atoms with E-state index in [-0.39, 0.29) is 12.5 Å². The molecule has 1 amide bonds. The minimum Gasteiger partial charge on any atom is -0.378 e. The standard InChI is InChI=1S/C19H22N4O2/c24-19(15-20-17-4-2-1-3-5-17)22-21-14-16-6-8-18(9-7-16)23-10-12-25-13-11-23/h1-9,14,20H,10-13,15H2,(H,22,24). The summed E-state index contributed by atoms with van der Waals surface area (Å²) in [7, 11) is 0. The van der Waals surface area contributed by atoms with E-state index in [4.69, 9.17) is 4.74 Å². The summed E-state index contributed by atoms with van der Waals surface area (Å²) in [5, 5.41) is 7.03. The van der Waals surface area contributed by atoms with Gasteiger partial charge in [0.1, 0.15) is 0 Å². The van der Waals surface area contributed by atoms with E-state index in [1.807, 2.05) is 42.5 Å². The maximum absolute atomic E-state index is 11.8. The van der Waals surface area contributed by atoms with E-state index < -0.39 is 0 Å². The fraction of sp³-hybridized carbons (Fsp3) is 0.263. The highest BCUT2D eigenvalue weighted by Crippen LogP contribution is 2.15. The summed E-state index contributed by atoms with van der Waals surface area (Å²) < 4.78 is 5.36. The number of rotatable bonds is 6. The predicted octanol–water partition coefficient (Wildman–Crippen LogP) is 2.09. The molecular weight excluding hydrogens is 316 g/mol. The van der Waals surface area contributed by atoms with Gasteiger partial charge in [0.25, 0.3) is 5.91 Å². The lowest BCUT2D eigenvalue weighted by molar-refractivity contribution is -0.119. The van der Waals surface area contributed by atoms with Crippen LogP contribution < -0.4 is 15.6 Å². The average Bonchev–Trinajstić information content (AvgIpc) is 2.68. The van der Waals surface area contributed by atoms with Crippen LogP contribution in [-0.2, 0) is 9.53 Å². The van der Waals surface area contributed by atoms with E-state index in [9.17, 15) is 4.79 Å². The maximum Gasteiger partial charge on any atom is 0.259 e. The number of carbonyl (C=O) groups excluding carboxylic acids is 1. The first-order valence-electron chi connectivity index (χ1n) is 8.35. The van der Waals surface area contributed by atoms with Gasteiger partial charge in [0.2, 0.25) is 0 Å². The van der Waals surface area contributed by atoms with Gasteiger partial charge in [0.15, 0.2) is 0 Å². The van der Waals surface area contributed by atoms with Crippen LogP contribution >= 0.6 is 0 Å². The van der Waals surface area contributed by atoms with Gasteiger partial charge >= 0.3 is 0 Å². The quantitative estimate of drug-likeness (QED) is 0.625. The normalized spacial score (nSPS) is 14.5. The molecular formula is C19H22N4O2. The summed E-state index contributed by atoms with van der Waals surface area (Å²) in [6, 6.07) is 17.7. The molecule has 0 spiro atoms. The van der Waals surface area contributed by atoms with Crippen LogP contribution in [0.4, 0.5) is 11.4 Å². The Bertz CT molecular complexity index is 695. The van der Waals surface area contributed by atoms with Crippen LogP contribution in [0.5, 0.6) is 0 Å². The van der Waals surface area contributed by atoms with Gasteiger partial charge < -0.3 is 15.0 Å². The minimum absolute atomic E-state index is 0.178. The number of carbonyl (C=O) groups is 1. The van der Waals surface area contributed by atoms with E-state index in [1.54, 1.807) is 6.21 Å². The molecule has 3 rings (SSSR count). The molecule has 1 saturated heterocycles. The van der Waals surface area contributed by atoms with Gasteiger partial charge in [-0.2, -0.15) is 5.10 Å². The Kier molecular flexibility index (Phi) is 6.01. The number of nitrogens with one attached hydrogen (secondary N) is 2. The lowest BCUT2D eigenvalue weighted by Crippen LogP contribution is -2.36. The number of anilines is 2. The van der Waals surface area contributed by atoms with Crippen molar-refractivity contribution in [1.29, 1.82) is 0 Å². The largest absolute Gasteiger partial charge is 0.378 e. The number of para-hydroxylation sites is 1. The Morgan fingerprint density at radius 3 is 2.52 bits per heavy atom. The third-order valence-electron chi connectivity index (χ3n) is 3.90. The summed E-state index contributed by atoms with van der Waals surface area (Å²) in [6.07, 6.45) is 1.64. The number of ether oxygens (including phenoxy) is 1.